The molecule has 0 aliphatic heterocycles. The van der Waals surface area contributed by atoms with Crippen molar-refractivity contribution in [2.45, 2.75) is 45.6 Å². The SMILES string of the molecule is C[C@@H]1CCc2c(sc3ncn(CC(=O)NC[C@H](C)c4ccccc4)c(=O)c23)C1. The molecule has 3 aromatic rings. The minimum Gasteiger partial charge on any atom is -0.354 e. The molecule has 0 spiro atoms. The van der Waals surface area contributed by atoms with E-state index < -0.39 is 0 Å². The molecule has 4 rings (SSSR count). The predicted molar refractivity (Wildman–Crippen MR) is 113 cm³/mol. The topological polar surface area (TPSA) is 64.0 Å². The van der Waals surface area contributed by atoms with Crippen LogP contribution in [0.25, 0.3) is 10.2 Å². The van der Waals surface area contributed by atoms with E-state index in [1.54, 1.807) is 11.3 Å². The van der Waals surface area contributed by atoms with E-state index in [0.717, 1.165) is 35.0 Å². The molecule has 1 aliphatic carbocycles. The zero-order valence-corrected chi connectivity index (χ0v) is 17.1. The number of hydrogen-bond acceptors (Lipinski definition) is 4. The van der Waals surface area contributed by atoms with Gasteiger partial charge in [0.25, 0.3) is 5.56 Å². The van der Waals surface area contributed by atoms with Crippen LogP contribution in [-0.4, -0.2) is 22.0 Å². The molecule has 1 amide bonds. The molecule has 0 saturated heterocycles. The van der Waals surface area contributed by atoms with Gasteiger partial charge in [-0.3, -0.25) is 14.2 Å². The van der Waals surface area contributed by atoms with Gasteiger partial charge < -0.3 is 5.32 Å². The molecule has 0 unspecified atom stereocenters. The molecule has 1 aliphatic rings. The van der Waals surface area contributed by atoms with Crippen LogP contribution in [-0.2, 0) is 24.2 Å². The second-order valence-electron chi connectivity index (χ2n) is 7.83. The van der Waals surface area contributed by atoms with Gasteiger partial charge in [-0.2, -0.15) is 0 Å². The highest BCUT2D eigenvalue weighted by molar-refractivity contribution is 7.18. The van der Waals surface area contributed by atoms with E-state index in [-0.39, 0.29) is 23.9 Å². The minimum atomic E-state index is -0.163. The summed E-state index contributed by atoms with van der Waals surface area (Å²) in [7, 11) is 0. The molecule has 28 heavy (non-hydrogen) atoms. The summed E-state index contributed by atoms with van der Waals surface area (Å²) in [6, 6.07) is 10.1. The highest BCUT2D eigenvalue weighted by atomic mass is 32.1. The van der Waals surface area contributed by atoms with Gasteiger partial charge in [-0.05, 0) is 42.2 Å². The molecule has 2 heterocycles. The van der Waals surface area contributed by atoms with Crippen LogP contribution >= 0.6 is 11.3 Å². The maximum atomic E-state index is 13.0. The van der Waals surface area contributed by atoms with Gasteiger partial charge in [0.15, 0.2) is 0 Å². The molecule has 0 bridgehead atoms. The van der Waals surface area contributed by atoms with Gasteiger partial charge in [0, 0.05) is 11.4 Å². The first kappa shape index (κ1) is 18.9. The number of amides is 1. The number of aromatic nitrogens is 2. The number of thiophene rings is 1. The number of carbonyl (C=O) groups is 1. The summed E-state index contributed by atoms with van der Waals surface area (Å²) in [5, 5.41) is 3.66. The van der Waals surface area contributed by atoms with Gasteiger partial charge >= 0.3 is 0 Å². The van der Waals surface area contributed by atoms with Crippen molar-refractivity contribution in [3.63, 3.8) is 0 Å². The Kier molecular flexibility index (Phi) is 5.31. The first-order valence-corrected chi connectivity index (χ1v) is 10.7. The Morgan fingerprint density at radius 2 is 2.14 bits per heavy atom. The fourth-order valence-corrected chi connectivity index (χ4v) is 5.20. The number of fused-ring (bicyclic) bond motifs is 3. The van der Waals surface area contributed by atoms with Crippen molar-refractivity contribution in [2.24, 2.45) is 5.92 Å². The van der Waals surface area contributed by atoms with Crippen LogP contribution in [0.3, 0.4) is 0 Å². The van der Waals surface area contributed by atoms with Gasteiger partial charge in [0.2, 0.25) is 5.91 Å². The van der Waals surface area contributed by atoms with Crippen LogP contribution in [0.5, 0.6) is 0 Å². The lowest BCUT2D eigenvalue weighted by atomic mass is 9.89. The second-order valence-corrected chi connectivity index (χ2v) is 8.91. The highest BCUT2D eigenvalue weighted by Crippen LogP contribution is 2.35. The van der Waals surface area contributed by atoms with E-state index >= 15 is 0 Å². The second kappa shape index (κ2) is 7.87. The van der Waals surface area contributed by atoms with Gasteiger partial charge in [-0.25, -0.2) is 4.98 Å². The summed E-state index contributed by atoms with van der Waals surface area (Å²) >= 11 is 1.63. The third-order valence-corrected chi connectivity index (χ3v) is 6.73. The van der Waals surface area contributed by atoms with Crippen LogP contribution in [0.1, 0.15) is 42.2 Å². The van der Waals surface area contributed by atoms with Gasteiger partial charge in [0.1, 0.15) is 11.4 Å². The first-order chi connectivity index (χ1) is 13.5. The fourth-order valence-electron chi connectivity index (χ4n) is 3.86. The van der Waals surface area contributed by atoms with Gasteiger partial charge in [-0.1, -0.05) is 44.2 Å². The Morgan fingerprint density at radius 1 is 1.36 bits per heavy atom. The van der Waals surface area contributed by atoms with E-state index in [9.17, 15) is 9.59 Å². The zero-order valence-electron chi connectivity index (χ0n) is 16.3. The van der Waals surface area contributed by atoms with E-state index in [1.165, 1.54) is 21.3 Å². The smallest absolute Gasteiger partial charge is 0.262 e. The number of carbonyl (C=O) groups excluding carboxylic acids is 1. The van der Waals surface area contributed by atoms with Crippen LogP contribution in [0, 0.1) is 5.92 Å². The Labute approximate surface area is 168 Å². The van der Waals surface area contributed by atoms with Crippen LogP contribution in [0.2, 0.25) is 0 Å². The third-order valence-electron chi connectivity index (χ3n) is 5.57. The maximum absolute atomic E-state index is 13.0. The fraction of sp³-hybridized carbons (Fsp3) is 0.409. The van der Waals surface area contributed by atoms with Gasteiger partial charge in [-0.15, -0.1) is 11.3 Å². The molecule has 0 fully saturated rings. The summed E-state index contributed by atoms with van der Waals surface area (Å²) in [6.07, 6.45) is 4.56. The molecule has 6 heteroatoms. The molecule has 5 nitrogen and oxygen atoms in total. The van der Waals surface area contributed by atoms with Crippen molar-refractivity contribution >= 4 is 27.5 Å². The maximum Gasteiger partial charge on any atom is 0.262 e. The van der Waals surface area contributed by atoms with E-state index in [2.05, 4.69) is 36.3 Å². The third kappa shape index (κ3) is 3.74. The van der Waals surface area contributed by atoms with Crippen molar-refractivity contribution in [1.82, 2.24) is 14.9 Å². The zero-order chi connectivity index (χ0) is 19.7. The van der Waals surface area contributed by atoms with Crippen molar-refractivity contribution < 1.29 is 4.79 Å². The summed E-state index contributed by atoms with van der Waals surface area (Å²) in [4.78, 5) is 32.0. The van der Waals surface area contributed by atoms with Crippen LogP contribution < -0.4 is 10.9 Å². The Balaban J connectivity index is 1.48. The number of rotatable bonds is 5. The number of nitrogens with zero attached hydrogens (tertiary/aromatic N) is 2. The lowest BCUT2D eigenvalue weighted by molar-refractivity contribution is -0.121. The minimum absolute atomic E-state index is 0.00427. The lowest BCUT2D eigenvalue weighted by Gasteiger charge is -2.17. The number of hydrogen-bond donors (Lipinski definition) is 1. The van der Waals surface area contributed by atoms with Crippen molar-refractivity contribution in [3.05, 3.63) is 63.0 Å². The molecule has 0 saturated carbocycles. The Bertz CT molecular complexity index is 1050. The summed E-state index contributed by atoms with van der Waals surface area (Å²) < 4.78 is 1.44. The first-order valence-electron chi connectivity index (χ1n) is 9.84. The lowest BCUT2D eigenvalue weighted by Crippen LogP contribution is -2.34. The average molecular weight is 396 g/mol. The van der Waals surface area contributed by atoms with Crippen molar-refractivity contribution in [3.8, 4) is 0 Å². The molecule has 2 atom stereocenters. The van der Waals surface area contributed by atoms with Crippen LogP contribution in [0.15, 0.2) is 41.5 Å². The molecule has 1 N–H and O–H groups in total. The van der Waals surface area contributed by atoms with E-state index in [0.29, 0.717) is 12.5 Å². The largest absolute Gasteiger partial charge is 0.354 e. The van der Waals surface area contributed by atoms with E-state index in [1.807, 2.05) is 18.2 Å². The summed E-state index contributed by atoms with van der Waals surface area (Å²) in [5.41, 5.74) is 2.24. The van der Waals surface area contributed by atoms with Crippen LogP contribution in [0.4, 0.5) is 0 Å². The molecular weight excluding hydrogens is 370 g/mol. The molecular formula is C22H25N3O2S. The molecule has 2 aromatic heterocycles. The normalized spacial score (nSPS) is 17.3. The van der Waals surface area contributed by atoms with Crippen molar-refractivity contribution in [2.75, 3.05) is 6.54 Å². The average Bonchev–Trinajstić information content (AvgIpc) is 3.07. The molecule has 0 radical (unpaired) electrons. The number of nitrogens with one attached hydrogen (secondary N) is 1. The Hall–Kier alpha value is -2.47. The number of benzene rings is 1. The summed E-state index contributed by atoms with van der Waals surface area (Å²) in [6.45, 7) is 4.87. The molecule has 1 aromatic carbocycles. The summed E-state index contributed by atoms with van der Waals surface area (Å²) in [5.74, 6) is 0.706. The highest BCUT2D eigenvalue weighted by Gasteiger charge is 2.23. The van der Waals surface area contributed by atoms with E-state index in [4.69, 9.17) is 0 Å². The van der Waals surface area contributed by atoms with Crippen molar-refractivity contribution in [1.29, 1.82) is 0 Å². The van der Waals surface area contributed by atoms with Gasteiger partial charge in [0.05, 0.1) is 11.7 Å². The quantitative estimate of drug-likeness (QED) is 0.719. The number of aryl methyl sites for hydroxylation is 1. The monoisotopic (exact) mass is 395 g/mol. The Morgan fingerprint density at radius 3 is 2.93 bits per heavy atom. The standard InChI is InChI=1S/C22H25N3O2S/c1-14-8-9-17-18(10-14)28-21-20(17)22(27)25(13-24-21)12-19(26)23-11-15(2)16-6-4-3-5-7-16/h3-7,13-15H,8-12H2,1-2H3,(H,23,26)/t14-,15+/m1/s1. The molecule has 146 valence electrons. The predicted octanol–water partition coefficient (Wildman–Crippen LogP) is 3.50.